The molecule has 0 unspecified atom stereocenters. The Kier molecular flexibility index (Phi) is 5.18. The molecule has 4 rings (SSSR count). The van der Waals surface area contributed by atoms with E-state index in [2.05, 4.69) is 0 Å². The third kappa shape index (κ3) is 3.12. The Morgan fingerprint density at radius 2 is 1.97 bits per heavy atom. The molecule has 0 bridgehead atoms. The fraction of sp³-hybridized carbons (Fsp3) is 0.579. The number of benzene rings is 1. The molecule has 4 N–H and O–H groups in total. The van der Waals surface area contributed by atoms with Gasteiger partial charge in [0, 0.05) is 38.2 Å². The molecule has 1 aromatic heterocycles. The quantitative estimate of drug-likeness (QED) is 0.631. The van der Waals surface area contributed by atoms with E-state index in [9.17, 15) is 14.0 Å². The van der Waals surface area contributed by atoms with E-state index in [0.717, 1.165) is 18.9 Å². The molecule has 2 aromatic rings. The van der Waals surface area contributed by atoms with Crippen molar-refractivity contribution in [3.63, 3.8) is 0 Å². The lowest BCUT2D eigenvalue weighted by Crippen LogP contribution is -2.44. The van der Waals surface area contributed by atoms with Gasteiger partial charge < -0.3 is 25.9 Å². The van der Waals surface area contributed by atoms with Gasteiger partial charge in [-0.1, -0.05) is 0 Å². The van der Waals surface area contributed by atoms with E-state index in [-0.39, 0.29) is 48.1 Å². The summed E-state index contributed by atoms with van der Waals surface area (Å²) in [5.41, 5.74) is 4.69. The molecule has 0 radical (unpaired) electrons. The Bertz CT molecular complexity index is 1100. The number of rotatable bonds is 6. The summed E-state index contributed by atoms with van der Waals surface area (Å²) < 4.78 is 42.3. The number of methoxy groups -OCH3 is 2. The Morgan fingerprint density at radius 3 is 2.57 bits per heavy atom. The van der Waals surface area contributed by atoms with Gasteiger partial charge in [0.05, 0.1) is 19.1 Å². The molecule has 0 spiro atoms. The Labute approximate surface area is 170 Å². The first-order valence-electron chi connectivity index (χ1n) is 9.76. The Morgan fingerprint density at radius 1 is 1.27 bits per heavy atom. The summed E-state index contributed by atoms with van der Waals surface area (Å²) in [6.45, 7) is 0.224. The first-order valence-corrected chi connectivity index (χ1v) is 9.76. The Balaban J connectivity index is 1.91. The zero-order chi connectivity index (χ0) is 21.7. The maximum Gasteiger partial charge on any atom is 0.350 e. The molecule has 2 aliphatic rings. The summed E-state index contributed by atoms with van der Waals surface area (Å²) in [6.07, 6.45) is 0.165. The van der Waals surface area contributed by atoms with Crippen LogP contribution in [0.15, 0.2) is 15.7 Å². The van der Waals surface area contributed by atoms with Crippen molar-refractivity contribution in [3.05, 3.63) is 32.7 Å². The third-order valence-electron chi connectivity index (χ3n) is 5.92. The van der Waals surface area contributed by atoms with Gasteiger partial charge in [-0.2, -0.15) is 4.68 Å². The first kappa shape index (κ1) is 20.6. The fourth-order valence-electron chi connectivity index (χ4n) is 4.29. The molecule has 3 atom stereocenters. The molecule has 1 saturated heterocycles. The van der Waals surface area contributed by atoms with Crippen LogP contribution in [0.4, 0.5) is 14.5 Å². The van der Waals surface area contributed by atoms with Crippen molar-refractivity contribution in [1.82, 2.24) is 9.24 Å². The minimum Gasteiger partial charge on any atom is -0.492 e. The minimum absolute atomic E-state index is 0.00254. The van der Waals surface area contributed by atoms with Crippen LogP contribution in [0.25, 0.3) is 10.9 Å². The summed E-state index contributed by atoms with van der Waals surface area (Å²) in [6, 6.07) is 0.323. The summed E-state index contributed by atoms with van der Waals surface area (Å²) in [4.78, 5) is 26.8. The predicted molar refractivity (Wildman–Crippen MR) is 108 cm³/mol. The number of fused-ring (bicyclic) bond motifs is 1. The maximum atomic E-state index is 15.2. The topological polar surface area (TPSA) is 118 Å². The van der Waals surface area contributed by atoms with Gasteiger partial charge in [-0.05, 0) is 18.9 Å². The number of alkyl halides is 1. The summed E-state index contributed by atoms with van der Waals surface area (Å²) in [5, 5.41) is -0.0641. The molecule has 1 aliphatic carbocycles. The molecule has 1 saturated carbocycles. The number of nitrogen functional groups attached to an aromatic ring is 1. The number of nitrogens with two attached hydrogens (primary N) is 2. The molecular weight excluding hydrogens is 400 g/mol. The predicted octanol–water partition coefficient (Wildman–Crippen LogP) is 0.108. The largest absolute Gasteiger partial charge is 0.492 e. The van der Waals surface area contributed by atoms with Crippen molar-refractivity contribution < 1.29 is 18.3 Å². The standard InChI is InChI=1S/C19H25F2N5O4/c1-29-8-14(22)11-6-24(7-13(11)21)16-12(20)5-10-15(17(16)30-2)25(9-3-4-9)19(28)26(23)18(10)27/h5,9,11,13-14H,3-4,6-8,22-23H2,1-2H3/t11-,13-,14+/m0/s1. The normalized spacial score (nSPS) is 22.6. The van der Waals surface area contributed by atoms with Gasteiger partial charge in [-0.25, -0.2) is 13.6 Å². The highest BCUT2D eigenvalue weighted by molar-refractivity contribution is 5.91. The molecule has 0 amide bonds. The lowest BCUT2D eigenvalue weighted by molar-refractivity contribution is 0.138. The van der Waals surface area contributed by atoms with Gasteiger partial charge in [0.1, 0.15) is 17.4 Å². The van der Waals surface area contributed by atoms with Crippen LogP contribution in [0, 0.1) is 11.7 Å². The first-order chi connectivity index (χ1) is 14.3. The fourth-order valence-corrected chi connectivity index (χ4v) is 4.29. The van der Waals surface area contributed by atoms with Crippen LogP contribution in [-0.4, -0.2) is 55.4 Å². The number of aromatic nitrogens is 2. The van der Waals surface area contributed by atoms with Crippen LogP contribution in [0.5, 0.6) is 5.75 Å². The molecule has 30 heavy (non-hydrogen) atoms. The van der Waals surface area contributed by atoms with Crippen LogP contribution in [0.1, 0.15) is 18.9 Å². The van der Waals surface area contributed by atoms with E-state index in [1.807, 2.05) is 0 Å². The van der Waals surface area contributed by atoms with E-state index in [1.54, 1.807) is 0 Å². The van der Waals surface area contributed by atoms with E-state index in [4.69, 9.17) is 21.1 Å². The van der Waals surface area contributed by atoms with Gasteiger partial charge in [-0.15, -0.1) is 0 Å². The van der Waals surface area contributed by atoms with Gasteiger partial charge in [-0.3, -0.25) is 9.36 Å². The zero-order valence-electron chi connectivity index (χ0n) is 16.8. The van der Waals surface area contributed by atoms with Crippen molar-refractivity contribution >= 4 is 16.6 Å². The molecule has 1 aliphatic heterocycles. The van der Waals surface area contributed by atoms with E-state index < -0.39 is 35.2 Å². The zero-order valence-corrected chi connectivity index (χ0v) is 16.8. The average Bonchev–Trinajstić information content (AvgIpc) is 3.47. The van der Waals surface area contributed by atoms with Crippen LogP contribution in [0.3, 0.4) is 0 Å². The third-order valence-corrected chi connectivity index (χ3v) is 5.92. The number of nitrogens with zero attached hydrogens (tertiary/aromatic N) is 3. The van der Waals surface area contributed by atoms with Crippen LogP contribution >= 0.6 is 0 Å². The van der Waals surface area contributed by atoms with Crippen LogP contribution in [0.2, 0.25) is 0 Å². The Hall–Kier alpha value is -2.66. The second-order valence-electron chi connectivity index (χ2n) is 7.90. The van der Waals surface area contributed by atoms with Crippen LogP contribution in [-0.2, 0) is 4.74 Å². The monoisotopic (exact) mass is 425 g/mol. The van der Waals surface area contributed by atoms with Gasteiger partial charge >= 0.3 is 5.69 Å². The summed E-state index contributed by atoms with van der Waals surface area (Å²) >= 11 is 0. The van der Waals surface area contributed by atoms with Crippen molar-refractivity contribution in [3.8, 4) is 5.75 Å². The summed E-state index contributed by atoms with van der Waals surface area (Å²) in [5.74, 6) is 4.33. The van der Waals surface area contributed by atoms with Gasteiger partial charge in [0.15, 0.2) is 11.6 Å². The number of ether oxygens (including phenoxy) is 2. The number of anilines is 1. The van der Waals surface area contributed by atoms with Crippen molar-refractivity contribution in [2.24, 2.45) is 11.7 Å². The smallest absolute Gasteiger partial charge is 0.350 e. The average molecular weight is 425 g/mol. The summed E-state index contributed by atoms with van der Waals surface area (Å²) in [7, 11) is 2.80. The maximum absolute atomic E-state index is 15.2. The molecule has 11 heteroatoms. The number of halogens is 2. The highest BCUT2D eigenvalue weighted by atomic mass is 19.1. The highest BCUT2D eigenvalue weighted by Crippen LogP contribution is 2.43. The van der Waals surface area contributed by atoms with E-state index in [1.165, 1.54) is 23.7 Å². The molecule has 164 valence electrons. The number of hydrogen-bond acceptors (Lipinski definition) is 7. The molecular formula is C19H25F2N5O4. The lowest BCUT2D eigenvalue weighted by atomic mass is 9.99. The SMILES string of the molecule is COC[C@@H](N)[C@H]1CN(c2c(F)cc3c(=O)n(N)c(=O)n(C4CC4)c3c2OC)C[C@@H]1F. The van der Waals surface area contributed by atoms with Crippen molar-refractivity contribution in [1.29, 1.82) is 0 Å². The molecule has 2 fully saturated rings. The van der Waals surface area contributed by atoms with Crippen LogP contribution < -0.4 is 32.5 Å². The van der Waals surface area contributed by atoms with Crippen molar-refractivity contribution in [2.75, 3.05) is 44.7 Å². The highest BCUT2D eigenvalue weighted by Gasteiger charge is 2.40. The molecule has 2 heterocycles. The number of hydrogen-bond donors (Lipinski definition) is 2. The second-order valence-corrected chi connectivity index (χ2v) is 7.90. The van der Waals surface area contributed by atoms with E-state index in [0.29, 0.717) is 4.68 Å². The second kappa shape index (κ2) is 7.55. The van der Waals surface area contributed by atoms with E-state index >= 15 is 4.39 Å². The van der Waals surface area contributed by atoms with Gasteiger partial charge in [0.2, 0.25) is 0 Å². The molecule has 9 nitrogen and oxygen atoms in total. The van der Waals surface area contributed by atoms with Crippen molar-refractivity contribution in [2.45, 2.75) is 31.1 Å². The lowest BCUT2D eigenvalue weighted by Gasteiger charge is -2.25. The molecule has 1 aromatic carbocycles. The van der Waals surface area contributed by atoms with Gasteiger partial charge in [0.25, 0.3) is 5.56 Å². The minimum atomic E-state index is -1.29.